The van der Waals surface area contributed by atoms with E-state index in [1.165, 1.54) is 12.1 Å². The van der Waals surface area contributed by atoms with Gasteiger partial charge in [0.25, 0.3) is 0 Å². The monoisotopic (exact) mass is 335 g/mol. The highest BCUT2D eigenvalue weighted by molar-refractivity contribution is 5.22. The molecule has 0 saturated carbocycles. The number of halogens is 1. The average Bonchev–Trinajstić information content (AvgIpc) is 3.16. The summed E-state index contributed by atoms with van der Waals surface area (Å²) in [6.07, 6.45) is 2.00. The van der Waals surface area contributed by atoms with Crippen molar-refractivity contribution in [2.24, 2.45) is 0 Å². The van der Waals surface area contributed by atoms with Crippen LogP contribution in [0.3, 0.4) is 0 Å². The third kappa shape index (κ3) is 4.10. The average molecular weight is 335 g/mol. The Bertz CT molecular complexity index is 666. The zero-order valence-electron chi connectivity index (χ0n) is 13.9. The molecule has 2 heterocycles. The molecule has 1 fully saturated rings. The lowest BCUT2D eigenvalue weighted by Gasteiger charge is -2.32. The van der Waals surface area contributed by atoms with Gasteiger partial charge in [0.05, 0.1) is 12.1 Å². The van der Waals surface area contributed by atoms with Crippen LogP contribution in [0.4, 0.5) is 4.39 Å². The molecule has 7 heteroatoms. The maximum Gasteiger partial charge on any atom is 0.240 e. The minimum absolute atomic E-state index is 0.0864. The summed E-state index contributed by atoms with van der Waals surface area (Å²) >= 11 is 0. The predicted octanol–water partition coefficient (Wildman–Crippen LogP) is 2.52. The van der Waals surface area contributed by atoms with E-state index in [4.69, 9.17) is 9.26 Å². The van der Waals surface area contributed by atoms with Crippen molar-refractivity contribution in [3.8, 4) is 5.75 Å². The van der Waals surface area contributed by atoms with Gasteiger partial charge >= 0.3 is 0 Å². The van der Waals surface area contributed by atoms with Gasteiger partial charge in [-0.15, -0.1) is 0 Å². The number of nitrogens with zero attached hydrogens (tertiary/aromatic N) is 3. The van der Waals surface area contributed by atoms with Gasteiger partial charge in [-0.1, -0.05) is 5.16 Å². The van der Waals surface area contributed by atoms with Crippen LogP contribution in [0.2, 0.25) is 0 Å². The lowest BCUT2D eigenvalue weighted by atomic mass is 9.97. The number of hydrogen-bond donors (Lipinski definition) is 1. The van der Waals surface area contributed by atoms with Crippen LogP contribution in [0.1, 0.15) is 38.4 Å². The van der Waals surface area contributed by atoms with Crippen molar-refractivity contribution < 1.29 is 18.8 Å². The summed E-state index contributed by atoms with van der Waals surface area (Å²) in [7, 11) is 0. The first-order chi connectivity index (χ1) is 11.4. The zero-order valence-corrected chi connectivity index (χ0v) is 13.9. The van der Waals surface area contributed by atoms with Crippen LogP contribution in [0.25, 0.3) is 0 Å². The minimum Gasteiger partial charge on any atom is -0.485 e. The molecule has 1 aromatic carbocycles. The summed E-state index contributed by atoms with van der Waals surface area (Å²) in [5.41, 5.74) is -0.759. The lowest BCUT2D eigenvalue weighted by molar-refractivity contribution is -0.00774. The topological polar surface area (TPSA) is 71.6 Å². The Balaban J connectivity index is 1.56. The van der Waals surface area contributed by atoms with Crippen LogP contribution in [0.15, 0.2) is 28.8 Å². The van der Waals surface area contributed by atoms with Crippen LogP contribution in [0, 0.1) is 5.82 Å². The van der Waals surface area contributed by atoms with Crippen molar-refractivity contribution in [1.29, 1.82) is 0 Å². The van der Waals surface area contributed by atoms with E-state index in [1.54, 1.807) is 12.1 Å². The maximum atomic E-state index is 12.8. The Morgan fingerprint density at radius 3 is 2.83 bits per heavy atom. The number of likely N-dealkylation sites (tertiary alicyclic amines) is 1. The predicted molar refractivity (Wildman–Crippen MR) is 84.8 cm³/mol. The Morgan fingerprint density at radius 2 is 2.12 bits per heavy atom. The highest BCUT2D eigenvalue weighted by Gasteiger charge is 2.36. The highest BCUT2D eigenvalue weighted by Crippen LogP contribution is 2.27. The number of rotatable bonds is 6. The van der Waals surface area contributed by atoms with Crippen LogP contribution in [0.5, 0.6) is 5.75 Å². The molecule has 130 valence electrons. The molecule has 1 unspecified atom stereocenters. The molecule has 0 radical (unpaired) electrons. The molecular weight excluding hydrogens is 313 g/mol. The van der Waals surface area contributed by atoms with E-state index in [0.29, 0.717) is 24.0 Å². The Hall–Kier alpha value is -1.99. The second kappa shape index (κ2) is 6.86. The fraction of sp³-hybridized carbons (Fsp3) is 0.529. The molecule has 24 heavy (non-hydrogen) atoms. The number of aromatic nitrogens is 2. The summed E-state index contributed by atoms with van der Waals surface area (Å²) in [6.45, 7) is 5.22. The minimum atomic E-state index is -0.759. The van der Waals surface area contributed by atoms with Gasteiger partial charge < -0.3 is 14.4 Å². The van der Waals surface area contributed by atoms with E-state index in [0.717, 1.165) is 19.4 Å². The third-order valence-electron chi connectivity index (χ3n) is 4.21. The van der Waals surface area contributed by atoms with E-state index < -0.39 is 5.60 Å². The smallest absolute Gasteiger partial charge is 0.240 e. The van der Waals surface area contributed by atoms with E-state index in [-0.39, 0.29) is 18.5 Å². The molecule has 1 saturated heterocycles. The SMILES string of the molecule is CC(C)(O)C1CCCN1Cc1nc(COc2ccc(F)cc2)no1. The number of hydrogen-bond acceptors (Lipinski definition) is 6. The molecule has 1 N–H and O–H groups in total. The molecule has 0 aliphatic carbocycles. The van der Waals surface area contributed by atoms with Crippen LogP contribution in [-0.2, 0) is 13.2 Å². The third-order valence-corrected chi connectivity index (χ3v) is 4.21. The van der Waals surface area contributed by atoms with Gasteiger partial charge in [0.1, 0.15) is 11.6 Å². The van der Waals surface area contributed by atoms with Crippen molar-refractivity contribution in [2.45, 2.75) is 51.5 Å². The molecule has 1 atom stereocenters. The number of benzene rings is 1. The first-order valence-electron chi connectivity index (χ1n) is 8.08. The molecule has 1 aliphatic heterocycles. The molecule has 3 rings (SSSR count). The summed E-state index contributed by atoms with van der Waals surface area (Å²) in [5.74, 6) is 1.18. The van der Waals surface area contributed by atoms with Gasteiger partial charge in [-0.2, -0.15) is 4.98 Å². The Kier molecular flexibility index (Phi) is 4.82. The van der Waals surface area contributed by atoms with E-state index >= 15 is 0 Å². The first-order valence-corrected chi connectivity index (χ1v) is 8.08. The van der Waals surface area contributed by atoms with E-state index in [2.05, 4.69) is 15.0 Å². The molecule has 2 aromatic rings. The van der Waals surface area contributed by atoms with Crippen molar-refractivity contribution in [3.63, 3.8) is 0 Å². The van der Waals surface area contributed by atoms with Crippen LogP contribution >= 0.6 is 0 Å². The second-order valence-corrected chi connectivity index (χ2v) is 6.63. The van der Waals surface area contributed by atoms with Crippen molar-refractivity contribution in [3.05, 3.63) is 41.8 Å². The van der Waals surface area contributed by atoms with Gasteiger partial charge in [-0.25, -0.2) is 4.39 Å². The van der Waals surface area contributed by atoms with Gasteiger partial charge in [0.2, 0.25) is 11.7 Å². The first kappa shape index (κ1) is 16.9. The molecular formula is C17H22FN3O3. The van der Waals surface area contributed by atoms with E-state index in [9.17, 15) is 9.50 Å². The fourth-order valence-corrected chi connectivity index (χ4v) is 3.08. The normalized spacial score (nSPS) is 18.9. The zero-order chi connectivity index (χ0) is 17.2. The molecule has 1 aromatic heterocycles. The van der Waals surface area contributed by atoms with Crippen LogP contribution < -0.4 is 4.74 Å². The van der Waals surface area contributed by atoms with Crippen molar-refractivity contribution >= 4 is 0 Å². The summed E-state index contributed by atoms with van der Waals surface area (Å²) in [5, 5.41) is 14.1. The molecule has 6 nitrogen and oxygen atoms in total. The maximum absolute atomic E-state index is 12.8. The standard InChI is InChI=1S/C17H22FN3O3/c1-17(2,22)14-4-3-9-21(14)10-16-19-15(20-24-16)11-23-13-7-5-12(18)6-8-13/h5-8,14,22H,3-4,9-11H2,1-2H3. The van der Waals surface area contributed by atoms with Gasteiger partial charge in [-0.05, 0) is 57.5 Å². The molecule has 0 amide bonds. The Labute approximate surface area is 140 Å². The summed E-state index contributed by atoms with van der Waals surface area (Å²) in [4.78, 5) is 6.49. The van der Waals surface area contributed by atoms with Crippen molar-refractivity contribution in [1.82, 2.24) is 15.0 Å². The van der Waals surface area contributed by atoms with E-state index in [1.807, 2.05) is 13.8 Å². The van der Waals surface area contributed by atoms with Crippen LogP contribution in [-0.4, -0.2) is 38.3 Å². The Morgan fingerprint density at radius 1 is 1.38 bits per heavy atom. The second-order valence-electron chi connectivity index (χ2n) is 6.63. The highest BCUT2D eigenvalue weighted by atomic mass is 19.1. The van der Waals surface area contributed by atoms with Crippen molar-refractivity contribution in [2.75, 3.05) is 6.54 Å². The number of ether oxygens (including phenoxy) is 1. The van der Waals surface area contributed by atoms with Gasteiger partial charge in [-0.3, -0.25) is 4.90 Å². The lowest BCUT2D eigenvalue weighted by Crippen LogP contribution is -2.45. The largest absolute Gasteiger partial charge is 0.485 e. The molecule has 0 bridgehead atoms. The molecule has 1 aliphatic rings. The molecule has 0 spiro atoms. The van der Waals surface area contributed by atoms with Gasteiger partial charge in [0, 0.05) is 6.04 Å². The number of aliphatic hydroxyl groups is 1. The summed E-state index contributed by atoms with van der Waals surface area (Å²) < 4.78 is 23.6. The van der Waals surface area contributed by atoms with Gasteiger partial charge in [0.15, 0.2) is 6.61 Å². The quantitative estimate of drug-likeness (QED) is 0.875. The summed E-state index contributed by atoms with van der Waals surface area (Å²) in [6, 6.07) is 5.86. The fourth-order valence-electron chi connectivity index (χ4n) is 3.08.